The maximum Gasteiger partial charge on any atom is 0.128 e. The van der Waals surface area contributed by atoms with Crippen LogP contribution >= 0.6 is 15.9 Å². The molecule has 0 bridgehead atoms. The van der Waals surface area contributed by atoms with Crippen LogP contribution in [0.5, 0.6) is 0 Å². The SMILES string of the molecule is CCNc1cccc(NCc2ccccc2Br)n1. The van der Waals surface area contributed by atoms with Gasteiger partial charge in [0.2, 0.25) is 0 Å². The van der Waals surface area contributed by atoms with Gasteiger partial charge in [-0.3, -0.25) is 0 Å². The van der Waals surface area contributed by atoms with E-state index in [1.54, 1.807) is 0 Å². The minimum Gasteiger partial charge on any atom is -0.370 e. The van der Waals surface area contributed by atoms with Crippen LogP contribution in [0.1, 0.15) is 12.5 Å². The van der Waals surface area contributed by atoms with Gasteiger partial charge in [-0.05, 0) is 30.7 Å². The van der Waals surface area contributed by atoms with Crippen LogP contribution in [0, 0.1) is 0 Å². The molecular formula is C14H16BrN3. The Kier molecular flexibility index (Phi) is 4.59. The molecule has 0 spiro atoms. The van der Waals surface area contributed by atoms with Gasteiger partial charge in [-0.25, -0.2) is 4.98 Å². The van der Waals surface area contributed by atoms with E-state index in [2.05, 4.69) is 44.5 Å². The van der Waals surface area contributed by atoms with E-state index >= 15 is 0 Å². The quantitative estimate of drug-likeness (QED) is 0.880. The Hall–Kier alpha value is -1.55. The molecule has 2 aromatic rings. The summed E-state index contributed by atoms with van der Waals surface area (Å²) in [6.45, 7) is 3.69. The fourth-order valence-corrected chi connectivity index (χ4v) is 2.07. The number of nitrogens with zero attached hydrogens (tertiary/aromatic N) is 1. The highest BCUT2D eigenvalue weighted by molar-refractivity contribution is 9.10. The summed E-state index contributed by atoms with van der Waals surface area (Å²) in [4.78, 5) is 4.47. The minimum absolute atomic E-state index is 0.754. The van der Waals surface area contributed by atoms with E-state index in [1.165, 1.54) is 5.56 Å². The number of pyridine rings is 1. The van der Waals surface area contributed by atoms with E-state index in [1.807, 2.05) is 36.4 Å². The molecule has 0 aliphatic heterocycles. The average Bonchev–Trinajstić information content (AvgIpc) is 2.39. The standard InChI is InChI=1S/C14H16BrN3/c1-2-16-13-8-5-9-14(18-13)17-10-11-6-3-4-7-12(11)15/h3-9H,2,10H2,1H3,(H2,16,17,18). The molecule has 0 saturated carbocycles. The predicted molar refractivity (Wildman–Crippen MR) is 79.9 cm³/mol. The highest BCUT2D eigenvalue weighted by Gasteiger charge is 2.00. The molecule has 1 aromatic heterocycles. The van der Waals surface area contributed by atoms with Crippen LogP contribution in [0.15, 0.2) is 46.9 Å². The first kappa shape index (κ1) is 12.9. The molecular weight excluding hydrogens is 290 g/mol. The van der Waals surface area contributed by atoms with E-state index in [-0.39, 0.29) is 0 Å². The van der Waals surface area contributed by atoms with Gasteiger partial charge in [0, 0.05) is 17.6 Å². The Labute approximate surface area is 116 Å². The molecule has 0 amide bonds. The second-order valence-electron chi connectivity index (χ2n) is 3.88. The summed E-state index contributed by atoms with van der Waals surface area (Å²) < 4.78 is 1.11. The van der Waals surface area contributed by atoms with Crippen molar-refractivity contribution in [2.75, 3.05) is 17.2 Å². The van der Waals surface area contributed by atoms with Crippen LogP contribution in [0.25, 0.3) is 0 Å². The molecule has 1 aromatic carbocycles. The maximum atomic E-state index is 4.47. The van der Waals surface area contributed by atoms with Crippen LogP contribution in [-0.4, -0.2) is 11.5 Å². The molecule has 0 saturated heterocycles. The third-order valence-corrected chi connectivity index (χ3v) is 3.30. The lowest BCUT2D eigenvalue weighted by Crippen LogP contribution is -2.04. The number of rotatable bonds is 5. The number of anilines is 2. The summed E-state index contributed by atoms with van der Waals surface area (Å²) in [5, 5.41) is 6.52. The van der Waals surface area contributed by atoms with E-state index in [0.717, 1.165) is 29.2 Å². The number of benzene rings is 1. The summed E-state index contributed by atoms with van der Waals surface area (Å²) in [7, 11) is 0. The molecule has 4 heteroatoms. The highest BCUT2D eigenvalue weighted by atomic mass is 79.9. The lowest BCUT2D eigenvalue weighted by molar-refractivity contribution is 1.09. The van der Waals surface area contributed by atoms with Crippen molar-refractivity contribution < 1.29 is 0 Å². The topological polar surface area (TPSA) is 37.0 Å². The molecule has 0 radical (unpaired) electrons. The van der Waals surface area contributed by atoms with Crippen LogP contribution in [0.3, 0.4) is 0 Å². The summed E-state index contributed by atoms with van der Waals surface area (Å²) >= 11 is 3.54. The zero-order valence-electron chi connectivity index (χ0n) is 10.3. The smallest absolute Gasteiger partial charge is 0.128 e. The van der Waals surface area contributed by atoms with Gasteiger partial charge >= 0.3 is 0 Å². The summed E-state index contributed by atoms with van der Waals surface area (Å²) in [6, 6.07) is 14.1. The van der Waals surface area contributed by atoms with Gasteiger partial charge in [0.05, 0.1) is 0 Å². The van der Waals surface area contributed by atoms with E-state index in [4.69, 9.17) is 0 Å². The molecule has 0 aliphatic carbocycles. The Balaban J connectivity index is 2.02. The van der Waals surface area contributed by atoms with E-state index in [0.29, 0.717) is 0 Å². The maximum absolute atomic E-state index is 4.47. The van der Waals surface area contributed by atoms with Gasteiger partial charge in [0.25, 0.3) is 0 Å². The zero-order chi connectivity index (χ0) is 12.8. The summed E-state index contributed by atoms with van der Waals surface area (Å²) in [6.07, 6.45) is 0. The van der Waals surface area contributed by atoms with Gasteiger partial charge in [-0.1, -0.05) is 40.2 Å². The fraction of sp³-hybridized carbons (Fsp3) is 0.214. The Morgan fingerprint density at radius 2 is 1.72 bits per heavy atom. The first-order valence-corrected chi connectivity index (χ1v) is 6.77. The Morgan fingerprint density at radius 3 is 2.44 bits per heavy atom. The van der Waals surface area contributed by atoms with Crippen LogP contribution < -0.4 is 10.6 Å². The zero-order valence-corrected chi connectivity index (χ0v) is 11.9. The Morgan fingerprint density at radius 1 is 1.00 bits per heavy atom. The minimum atomic E-state index is 0.754. The number of aromatic nitrogens is 1. The summed E-state index contributed by atoms with van der Waals surface area (Å²) in [5.41, 5.74) is 1.22. The Bertz CT molecular complexity index is 514. The van der Waals surface area contributed by atoms with Crippen molar-refractivity contribution in [1.82, 2.24) is 4.98 Å². The molecule has 0 fully saturated rings. The molecule has 0 aliphatic rings. The van der Waals surface area contributed by atoms with Gasteiger partial charge in [-0.2, -0.15) is 0 Å². The second-order valence-corrected chi connectivity index (χ2v) is 4.74. The first-order valence-electron chi connectivity index (χ1n) is 5.98. The molecule has 94 valence electrons. The largest absolute Gasteiger partial charge is 0.370 e. The molecule has 2 rings (SSSR count). The predicted octanol–water partition coefficient (Wildman–Crippen LogP) is 3.89. The first-order chi connectivity index (χ1) is 8.79. The number of hydrogen-bond donors (Lipinski definition) is 2. The normalized spacial score (nSPS) is 10.1. The van der Waals surface area contributed by atoms with Crippen molar-refractivity contribution in [3.05, 3.63) is 52.5 Å². The van der Waals surface area contributed by atoms with Crippen molar-refractivity contribution in [1.29, 1.82) is 0 Å². The average molecular weight is 306 g/mol. The third-order valence-electron chi connectivity index (χ3n) is 2.52. The third kappa shape index (κ3) is 3.47. The van der Waals surface area contributed by atoms with Crippen molar-refractivity contribution in [3.8, 4) is 0 Å². The van der Waals surface area contributed by atoms with Gasteiger partial charge in [-0.15, -0.1) is 0 Å². The monoisotopic (exact) mass is 305 g/mol. The lowest BCUT2D eigenvalue weighted by Gasteiger charge is -2.09. The van der Waals surface area contributed by atoms with Crippen molar-refractivity contribution in [2.45, 2.75) is 13.5 Å². The van der Waals surface area contributed by atoms with E-state index < -0.39 is 0 Å². The van der Waals surface area contributed by atoms with E-state index in [9.17, 15) is 0 Å². The molecule has 0 unspecified atom stereocenters. The molecule has 1 heterocycles. The van der Waals surface area contributed by atoms with Crippen LogP contribution in [0.2, 0.25) is 0 Å². The lowest BCUT2D eigenvalue weighted by atomic mass is 10.2. The van der Waals surface area contributed by atoms with Gasteiger partial charge < -0.3 is 10.6 Å². The molecule has 3 nitrogen and oxygen atoms in total. The van der Waals surface area contributed by atoms with Crippen molar-refractivity contribution in [3.63, 3.8) is 0 Å². The fourth-order valence-electron chi connectivity index (χ4n) is 1.64. The van der Waals surface area contributed by atoms with Gasteiger partial charge in [0.1, 0.15) is 11.6 Å². The highest BCUT2D eigenvalue weighted by Crippen LogP contribution is 2.17. The number of hydrogen-bond acceptors (Lipinski definition) is 3. The molecule has 2 N–H and O–H groups in total. The van der Waals surface area contributed by atoms with Crippen LogP contribution in [0.4, 0.5) is 11.6 Å². The second kappa shape index (κ2) is 6.40. The van der Waals surface area contributed by atoms with Crippen molar-refractivity contribution >= 4 is 27.6 Å². The molecule has 0 atom stereocenters. The number of nitrogens with one attached hydrogen (secondary N) is 2. The van der Waals surface area contributed by atoms with Gasteiger partial charge in [0.15, 0.2) is 0 Å². The number of halogens is 1. The summed E-state index contributed by atoms with van der Waals surface area (Å²) in [5.74, 6) is 1.78. The molecule has 18 heavy (non-hydrogen) atoms. The van der Waals surface area contributed by atoms with Crippen molar-refractivity contribution in [2.24, 2.45) is 0 Å². The van der Waals surface area contributed by atoms with Crippen LogP contribution in [-0.2, 0) is 6.54 Å².